The largest absolute Gasteiger partial charge is 0.481 e. The average Bonchev–Trinajstić information content (AvgIpc) is 2.02. The van der Waals surface area contributed by atoms with Crippen LogP contribution in [0.3, 0.4) is 0 Å². The van der Waals surface area contributed by atoms with Crippen molar-refractivity contribution in [1.29, 1.82) is 0 Å². The van der Waals surface area contributed by atoms with Crippen molar-refractivity contribution in [1.82, 2.24) is 5.32 Å². The maximum absolute atomic E-state index is 10.9. The molecule has 2 N–H and O–H groups in total. The molecule has 0 aromatic rings. The van der Waals surface area contributed by atoms with Gasteiger partial charge in [-0.2, -0.15) is 0 Å². The van der Waals surface area contributed by atoms with E-state index in [0.29, 0.717) is 12.8 Å². The minimum absolute atomic E-state index is 0.0274. The van der Waals surface area contributed by atoms with Gasteiger partial charge in [0.2, 0.25) is 5.91 Å². The van der Waals surface area contributed by atoms with Crippen LogP contribution in [-0.4, -0.2) is 24.0 Å². The van der Waals surface area contributed by atoms with Gasteiger partial charge < -0.3 is 10.4 Å². The third kappa shape index (κ3) is 4.71. The van der Waals surface area contributed by atoms with Crippen molar-refractivity contribution >= 4 is 11.9 Å². The first-order valence-electron chi connectivity index (χ1n) is 4.01. The molecule has 0 rings (SSSR count). The molecule has 1 amide bonds. The van der Waals surface area contributed by atoms with E-state index in [4.69, 9.17) is 5.11 Å². The third-order valence-corrected chi connectivity index (χ3v) is 1.72. The Morgan fingerprint density at radius 1 is 1.50 bits per heavy atom. The van der Waals surface area contributed by atoms with Crippen LogP contribution in [0.5, 0.6) is 0 Å². The molecule has 0 saturated carbocycles. The van der Waals surface area contributed by atoms with Gasteiger partial charge in [0.25, 0.3) is 0 Å². The van der Waals surface area contributed by atoms with Crippen molar-refractivity contribution in [3.63, 3.8) is 0 Å². The Kier molecular flexibility index (Phi) is 5.08. The first kappa shape index (κ1) is 10.9. The fourth-order valence-corrected chi connectivity index (χ4v) is 0.937. The van der Waals surface area contributed by atoms with E-state index in [2.05, 4.69) is 5.32 Å². The summed E-state index contributed by atoms with van der Waals surface area (Å²) < 4.78 is 0. The molecule has 0 spiro atoms. The van der Waals surface area contributed by atoms with E-state index in [-0.39, 0.29) is 18.2 Å². The zero-order valence-electron chi connectivity index (χ0n) is 7.46. The van der Waals surface area contributed by atoms with E-state index in [1.165, 1.54) is 0 Å². The number of carboxylic acid groups (broad SMARTS) is 1. The van der Waals surface area contributed by atoms with Crippen LogP contribution in [0.15, 0.2) is 0 Å². The van der Waals surface area contributed by atoms with E-state index >= 15 is 0 Å². The standard InChI is InChI=1S/C8H15NO3/c1-6(8(12)9-2)4-3-5-7(10)11/h6H,3-5H2,1-2H3,(H,9,12)(H,10,11). The number of amides is 1. The zero-order valence-corrected chi connectivity index (χ0v) is 7.46. The predicted octanol–water partition coefficient (Wildman–Crippen LogP) is 0.623. The molecule has 1 unspecified atom stereocenters. The molecule has 0 aliphatic heterocycles. The summed E-state index contributed by atoms with van der Waals surface area (Å²) in [7, 11) is 1.58. The average molecular weight is 173 g/mol. The van der Waals surface area contributed by atoms with Gasteiger partial charge in [-0.05, 0) is 12.8 Å². The second kappa shape index (κ2) is 5.57. The number of carbonyl (C=O) groups excluding carboxylic acids is 1. The minimum atomic E-state index is -0.806. The van der Waals surface area contributed by atoms with Gasteiger partial charge in [-0.1, -0.05) is 6.92 Å². The molecule has 0 radical (unpaired) electrons. The van der Waals surface area contributed by atoms with Crippen LogP contribution in [-0.2, 0) is 9.59 Å². The fourth-order valence-electron chi connectivity index (χ4n) is 0.937. The van der Waals surface area contributed by atoms with Gasteiger partial charge in [0, 0.05) is 19.4 Å². The first-order valence-corrected chi connectivity index (χ1v) is 4.01. The van der Waals surface area contributed by atoms with Crippen LogP contribution in [0.25, 0.3) is 0 Å². The molecule has 1 atom stereocenters. The Morgan fingerprint density at radius 3 is 2.50 bits per heavy atom. The van der Waals surface area contributed by atoms with Crippen molar-refractivity contribution in [3.05, 3.63) is 0 Å². The van der Waals surface area contributed by atoms with Gasteiger partial charge in [0.05, 0.1) is 0 Å². The molecular weight excluding hydrogens is 158 g/mol. The van der Waals surface area contributed by atoms with Crippen LogP contribution in [0.1, 0.15) is 26.2 Å². The van der Waals surface area contributed by atoms with Crippen molar-refractivity contribution in [2.24, 2.45) is 5.92 Å². The highest BCUT2D eigenvalue weighted by Gasteiger charge is 2.10. The van der Waals surface area contributed by atoms with Crippen LogP contribution in [0, 0.1) is 5.92 Å². The van der Waals surface area contributed by atoms with Gasteiger partial charge in [0.1, 0.15) is 0 Å². The van der Waals surface area contributed by atoms with E-state index in [9.17, 15) is 9.59 Å². The number of aliphatic carboxylic acids is 1. The summed E-state index contributed by atoms with van der Waals surface area (Å²) in [6.07, 6.45) is 1.33. The summed E-state index contributed by atoms with van der Waals surface area (Å²) in [6.45, 7) is 1.79. The summed E-state index contributed by atoms with van der Waals surface area (Å²) in [5, 5.41) is 10.8. The molecule has 0 fully saturated rings. The normalized spacial score (nSPS) is 12.2. The monoisotopic (exact) mass is 173 g/mol. The lowest BCUT2D eigenvalue weighted by atomic mass is 10.0. The first-order chi connectivity index (χ1) is 5.57. The molecule has 0 aliphatic carbocycles. The van der Waals surface area contributed by atoms with Crippen LogP contribution in [0.4, 0.5) is 0 Å². The SMILES string of the molecule is CNC(=O)C(C)CCCC(=O)O. The summed E-state index contributed by atoms with van der Waals surface area (Å²) in [6, 6.07) is 0. The maximum Gasteiger partial charge on any atom is 0.303 e. The number of hydrogen-bond donors (Lipinski definition) is 2. The van der Waals surface area contributed by atoms with Crippen molar-refractivity contribution in [3.8, 4) is 0 Å². The Balaban J connectivity index is 3.50. The molecule has 0 heterocycles. The maximum atomic E-state index is 10.9. The van der Waals surface area contributed by atoms with Gasteiger partial charge >= 0.3 is 5.97 Å². The molecule has 70 valence electrons. The predicted molar refractivity (Wildman–Crippen MR) is 44.7 cm³/mol. The lowest BCUT2D eigenvalue weighted by Crippen LogP contribution is -2.25. The summed E-state index contributed by atoms with van der Waals surface area (Å²) in [4.78, 5) is 21.0. The van der Waals surface area contributed by atoms with E-state index in [1.54, 1.807) is 14.0 Å². The Labute approximate surface area is 72.0 Å². The van der Waals surface area contributed by atoms with Crippen LogP contribution < -0.4 is 5.32 Å². The van der Waals surface area contributed by atoms with Crippen LogP contribution in [0.2, 0.25) is 0 Å². The van der Waals surface area contributed by atoms with Crippen molar-refractivity contribution < 1.29 is 14.7 Å². The van der Waals surface area contributed by atoms with Gasteiger partial charge in [0.15, 0.2) is 0 Å². The Hall–Kier alpha value is -1.06. The molecule has 4 nitrogen and oxygen atoms in total. The molecule has 0 aromatic heterocycles. The number of nitrogens with one attached hydrogen (secondary N) is 1. The number of carboxylic acids is 1. The van der Waals surface area contributed by atoms with Crippen molar-refractivity contribution in [2.45, 2.75) is 26.2 Å². The van der Waals surface area contributed by atoms with E-state index in [0.717, 1.165) is 0 Å². The highest BCUT2D eigenvalue weighted by molar-refractivity contribution is 5.77. The second-order valence-corrected chi connectivity index (χ2v) is 2.80. The molecule has 0 aromatic carbocycles. The summed E-state index contributed by atoms with van der Waals surface area (Å²) in [5.74, 6) is -0.922. The summed E-state index contributed by atoms with van der Waals surface area (Å²) in [5.41, 5.74) is 0. The van der Waals surface area contributed by atoms with Crippen molar-refractivity contribution in [2.75, 3.05) is 7.05 Å². The smallest absolute Gasteiger partial charge is 0.303 e. The number of carbonyl (C=O) groups is 2. The second-order valence-electron chi connectivity index (χ2n) is 2.80. The van der Waals surface area contributed by atoms with Crippen LogP contribution >= 0.6 is 0 Å². The number of rotatable bonds is 5. The fraction of sp³-hybridized carbons (Fsp3) is 0.750. The third-order valence-electron chi connectivity index (χ3n) is 1.72. The van der Waals surface area contributed by atoms with Gasteiger partial charge in [-0.25, -0.2) is 0 Å². The molecule has 4 heteroatoms. The Bertz CT molecular complexity index is 168. The zero-order chi connectivity index (χ0) is 9.56. The highest BCUT2D eigenvalue weighted by atomic mass is 16.4. The number of hydrogen-bond acceptors (Lipinski definition) is 2. The van der Waals surface area contributed by atoms with E-state index in [1.807, 2.05) is 0 Å². The van der Waals surface area contributed by atoms with E-state index < -0.39 is 5.97 Å². The molecule has 12 heavy (non-hydrogen) atoms. The highest BCUT2D eigenvalue weighted by Crippen LogP contribution is 2.07. The minimum Gasteiger partial charge on any atom is -0.481 e. The van der Waals surface area contributed by atoms with Gasteiger partial charge in [-0.15, -0.1) is 0 Å². The topological polar surface area (TPSA) is 66.4 Å². The summed E-state index contributed by atoms with van der Waals surface area (Å²) >= 11 is 0. The quantitative estimate of drug-likeness (QED) is 0.640. The molecular formula is C8H15NO3. The Morgan fingerprint density at radius 2 is 2.08 bits per heavy atom. The van der Waals surface area contributed by atoms with Gasteiger partial charge in [-0.3, -0.25) is 9.59 Å². The molecule has 0 bridgehead atoms. The molecule has 0 saturated heterocycles. The lowest BCUT2D eigenvalue weighted by molar-refractivity contribution is -0.137. The lowest BCUT2D eigenvalue weighted by Gasteiger charge is -2.07. The molecule has 0 aliphatic rings.